The molecule has 0 saturated carbocycles. The Bertz CT molecular complexity index is 719. The van der Waals surface area contributed by atoms with Gasteiger partial charge < -0.3 is 9.73 Å². The average Bonchev–Trinajstić information content (AvgIpc) is 3.23. The lowest BCUT2D eigenvalue weighted by Crippen LogP contribution is -2.34. The summed E-state index contributed by atoms with van der Waals surface area (Å²) in [5, 5.41) is 7.51. The van der Waals surface area contributed by atoms with Crippen molar-refractivity contribution in [2.45, 2.75) is 59.2 Å². The van der Waals surface area contributed by atoms with Crippen LogP contribution in [-0.4, -0.2) is 38.7 Å². The Hall–Kier alpha value is -2.15. The minimum absolute atomic E-state index is 0.122. The molecule has 0 spiro atoms. The van der Waals surface area contributed by atoms with Crippen LogP contribution < -0.4 is 5.32 Å². The fraction of sp³-hybridized carbons (Fsp3) is 0.611. The zero-order valence-electron chi connectivity index (χ0n) is 15.3. The topological polar surface area (TPSA) is 76.2 Å². The van der Waals surface area contributed by atoms with E-state index in [4.69, 9.17) is 4.42 Å². The van der Waals surface area contributed by atoms with Gasteiger partial charge >= 0.3 is 0 Å². The molecule has 1 N–H and O–H groups in total. The van der Waals surface area contributed by atoms with Gasteiger partial charge in [-0.05, 0) is 19.0 Å². The third-order valence-corrected chi connectivity index (χ3v) is 4.52. The van der Waals surface area contributed by atoms with Crippen molar-refractivity contribution in [1.29, 1.82) is 0 Å². The van der Waals surface area contributed by atoms with Crippen LogP contribution in [0.1, 0.15) is 67.2 Å². The highest BCUT2D eigenvalue weighted by Gasteiger charge is 2.21. The van der Waals surface area contributed by atoms with Crippen molar-refractivity contribution in [1.82, 2.24) is 25.0 Å². The Morgan fingerprint density at radius 2 is 2.24 bits per heavy atom. The number of carbonyl (C=O) groups excluding carboxylic acids is 1. The van der Waals surface area contributed by atoms with Gasteiger partial charge in [0, 0.05) is 19.0 Å². The number of carbonyl (C=O) groups is 1. The lowest BCUT2D eigenvalue weighted by atomic mass is 10.1. The van der Waals surface area contributed by atoms with Crippen molar-refractivity contribution in [2.75, 3.05) is 13.1 Å². The van der Waals surface area contributed by atoms with E-state index in [2.05, 4.69) is 38.0 Å². The molecule has 2 aromatic heterocycles. The summed E-state index contributed by atoms with van der Waals surface area (Å²) in [5.74, 6) is 0.526. The van der Waals surface area contributed by atoms with Crippen LogP contribution >= 0.6 is 0 Å². The van der Waals surface area contributed by atoms with Crippen molar-refractivity contribution < 1.29 is 9.21 Å². The van der Waals surface area contributed by atoms with Gasteiger partial charge in [0.05, 0.1) is 24.5 Å². The zero-order chi connectivity index (χ0) is 17.8. The summed E-state index contributed by atoms with van der Waals surface area (Å²) in [6, 6.07) is 2.09. The number of hydrogen-bond donors (Lipinski definition) is 1. The molecule has 2 aromatic rings. The van der Waals surface area contributed by atoms with Gasteiger partial charge in [0.2, 0.25) is 0 Å². The van der Waals surface area contributed by atoms with Crippen molar-refractivity contribution in [3.8, 4) is 0 Å². The number of hydrogen-bond acceptors (Lipinski definition) is 5. The monoisotopic (exact) mass is 345 g/mol. The SMILES string of the molecule is CCCCN1CCn2nc(CNC(=O)c3ncoc3C(C)C)cc2C1. The van der Waals surface area contributed by atoms with Gasteiger partial charge in [0.1, 0.15) is 5.76 Å². The van der Waals surface area contributed by atoms with Crippen LogP contribution in [0, 0.1) is 0 Å². The van der Waals surface area contributed by atoms with Crippen LogP contribution in [0.4, 0.5) is 0 Å². The van der Waals surface area contributed by atoms with Crippen LogP contribution in [0.25, 0.3) is 0 Å². The van der Waals surface area contributed by atoms with Crippen LogP contribution in [0.2, 0.25) is 0 Å². The predicted octanol–water partition coefficient (Wildman–Crippen LogP) is 2.54. The number of aromatic nitrogens is 3. The van der Waals surface area contributed by atoms with E-state index >= 15 is 0 Å². The van der Waals surface area contributed by atoms with Gasteiger partial charge in [-0.2, -0.15) is 5.10 Å². The molecule has 1 amide bonds. The van der Waals surface area contributed by atoms with Crippen LogP contribution in [0.3, 0.4) is 0 Å². The molecule has 3 rings (SSSR count). The van der Waals surface area contributed by atoms with Crippen LogP contribution in [0.5, 0.6) is 0 Å². The number of unbranched alkanes of at least 4 members (excludes halogenated alkanes) is 1. The third kappa shape index (κ3) is 4.10. The molecule has 0 atom stereocenters. The number of nitrogens with one attached hydrogen (secondary N) is 1. The third-order valence-electron chi connectivity index (χ3n) is 4.52. The maximum absolute atomic E-state index is 12.3. The number of rotatable bonds is 7. The molecule has 0 aromatic carbocycles. The van der Waals surface area contributed by atoms with Gasteiger partial charge in [-0.25, -0.2) is 4.98 Å². The second-order valence-corrected chi connectivity index (χ2v) is 6.88. The van der Waals surface area contributed by atoms with E-state index < -0.39 is 0 Å². The summed E-state index contributed by atoms with van der Waals surface area (Å²) < 4.78 is 7.37. The minimum atomic E-state index is -0.215. The van der Waals surface area contributed by atoms with Gasteiger partial charge in [-0.15, -0.1) is 0 Å². The number of nitrogens with zero attached hydrogens (tertiary/aromatic N) is 4. The largest absolute Gasteiger partial charge is 0.447 e. The number of oxazole rings is 1. The first kappa shape index (κ1) is 17.7. The molecule has 7 nitrogen and oxygen atoms in total. The fourth-order valence-electron chi connectivity index (χ4n) is 3.13. The summed E-state index contributed by atoms with van der Waals surface area (Å²) in [6.45, 7) is 10.6. The normalized spacial score (nSPS) is 14.7. The molecule has 25 heavy (non-hydrogen) atoms. The smallest absolute Gasteiger partial charge is 0.273 e. The molecule has 0 radical (unpaired) electrons. The maximum atomic E-state index is 12.3. The van der Waals surface area contributed by atoms with E-state index in [1.165, 1.54) is 24.9 Å². The van der Waals surface area contributed by atoms with E-state index in [0.717, 1.165) is 31.9 Å². The molecule has 7 heteroatoms. The highest BCUT2D eigenvalue weighted by molar-refractivity contribution is 5.93. The maximum Gasteiger partial charge on any atom is 0.273 e. The van der Waals surface area contributed by atoms with Gasteiger partial charge in [0.15, 0.2) is 12.1 Å². The molecule has 0 bridgehead atoms. The average molecular weight is 345 g/mol. The van der Waals surface area contributed by atoms with E-state index in [1.807, 2.05) is 13.8 Å². The summed E-state index contributed by atoms with van der Waals surface area (Å²) in [4.78, 5) is 18.8. The first-order chi connectivity index (χ1) is 12.1. The van der Waals surface area contributed by atoms with E-state index in [9.17, 15) is 4.79 Å². The Labute approximate surface area is 148 Å². The fourth-order valence-corrected chi connectivity index (χ4v) is 3.13. The molecule has 0 unspecified atom stereocenters. The minimum Gasteiger partial charge on any atom is -0.447 e. The van der Waals surface area contributed by atoms with Crippen molar-refractivity contribution in [3.05, 3.63) is 35.3 Å². The molecule has 136 valence electrons. The molecular formula is C18H27N5O2. The molecular weight excluding hydrogens is 318 g/mol. The van der Waals surface area contributed by atoms with Crippen molar-refractivity contribution >= 4 is 5.91 Å². The number of fused-ring (bicyclic) bond motifs is 1. The molecule has 1 aliphatic rings. The van der Waals surface area contributed by atoms with Crippen molar-refractivity contribution in [2.24, 2.45) is 0 Å². The molecule has 0 fully saturated rings. The van der Waals surface area contributed by atoms with E-state index in [0.29, 0.717) is 18.0 Å². The summed E-state index contributed by atoms with van der Waals surface area (Å²) in [5.41, 5.74) is 2.47. The second-order valence-electron chi connectivity index (χ2n) is 6.88. The van der Waals surface area contributed by atoms with Gasteiger partial charge in [0.25, 0.3) is 5.91 Å². The Morgan fingerprint density at radius 3 is 3.00 bits per heavy atom. The number of amides is 1. The quantitative estimate of drug-likeness (QED) is 0.834. The van der Waals surface area contributed by atoms with Crippen LogP contribution in [-0.2, 0) is 19.6 Å². The molecule has 0 aliphatic carbocycles. The molecule has 3 heterocycles. The Kier molecular flexibility index (Phi) is 5.53. The summed E-state index contributed by atoms with van der Waals surface area (Å²) in [7, 11) is 0. The first-order valence-corrected chi connectivity index (χ1v) is 9.08. The Morgan fingerprint density at radius 1 is 1.40 bits per heavy atom. The van der Waals surface area contributed by atoms with Crippen molar-refractivity contribution in [3.63, 3.8) is 0 Å². The van der Waals surface area contributed by atoms with Crippen LogP contribution in [0.15, 0.2) is 16.9 Å². The van der Waals surface area contributed by atoms with Gasteiger partial charge in [-0.1, -0.05) is 27.2 Å². The summed E-state index contributed by atoms with van der Waals surface area (Å²) >= 11 is 0. The summed E-state index contributed by atoms with van der Waals surface area (Å²) in [6.07, 6.45) is 3.77. The lowest BCUT2D eigenvalue weighted by Gasteiger charge is -2.27. The van der Waals surface area contributed by atoms with Gasteiger partial charge in [-0.3, -0.25) is 14.4 Å². The van der Waals surface area contributed by atoms with E-state index in [1.54, 1.807) is 0 Å². The Balaban J connectivity index is 1.59. The molecule has 0 saturated heterocycles. The molecule has 1 aliphatic heterocycles. The standard InChI is InChI=1S/C18H27N5O2/c1-4-5-6-22-7-8-23-15(11-22)9-14(21-23)10-19-18(24)16-17(13(2)3)25-12-20-16/h9,12-13H,4-8,10-11H2,1-3H3,(H,19,24). The lowest BCUT2D eigenvalue weighted by molar-refractivity contribution is 0.0943. The highest BCUT2D eigenvalue weighted by Crippen LogP contribution is 2.18. The second kappa shape index (κ2) is 7.82. The highest BCUT2D eigenvalue weighted by atomic mass is 16.3. The first-order valence-electron chi connectivity index (χ1n) is 9.08. The van der Waals surface area contributed by atoms with E-state index in [-0.39, 0.29) is 11.8 Å². The zero-order valence-corrected chi connectivity index (χ0v) is 15.3. The predicted molar refractivity (Wildman–Crippen MR) is 94.2 cm³/mol.